The number of benzene rings is 1. The number of carboxylic acid groups (broad SMARTS) is 2. The second-order valence-corrected chi connectivity index (χ2v) is 13.8. The van der Waals surface area contributed by atoms with Gasteiger partial charge in [-0.05, 0) is 26.0 Å². The Morgan fingerprint density at radius 3 is 2.56 bits per heavy atom. The molecular formula is C30H35ClN7O10S2+. The molecule has 2 atom stereocenters. The van der Waals surface area contributed by atoms with E-state index in [1.54, 1.807) is 0 Å². The normalized spacial score (nSPS) is 26.6. The molecule has 268 valence electrons. The molecule has 20 heteroatoms. The van der Waals surface area contributed by atoms with E-state index < -0.39 is 124 Å². The van der Waals surface area contributed by atoms with Crippen molar-refractivity contribution in [2.24, 2.45) is 5.16 Å². The van der Waals surface area contributed by atoms with E-state index in [0.29, 0.717) is 0 Å². The number of thioether (sulfide) groups is 1. The number of nitrogens with zero attached hydrogens (tertiary/aromatic N) is 4. The van der Waals surface area contributed by atoms with Gasteiger partial charge in [-0.2, -0.15) is 0 Å². The number of quaternary nitrogens is 1. The number of phenols is 2. The number of rotatable bonds is 13. The highest BCUT2D eigenvalue weighted by Gasteiger charge is 2.55. The number of hydrogen-bond acceptors (Lipinski definition) is 13. The molecular weight excluding hydrogens is 718 g/mol. The highest BCUT2D eigenvalue weighted by Crippen LogP contribution is 2.41. The number of aromatic nitrogens is 1. The molecule has 0 radical (unpaired) electrons. The Morgan fingerprint density at radius 1 is 1.24 bits per heavy atom. The molecule has 0 spiro atoms. The number of aliphatic carboxylic acids is 2. The van der Waals surface area contributed by atoms with Crippen molar-refractivity contribution in [3.8, 4) is 11.5 Å². The van der Waals surface area contributed by atoms with E-state index in [0.717, 1.165) is 54.0 Å². The molecule has 1 aromatic heterocycles. The predicted molar refractivity (Wildman–Crippen MR) is 182 cm³/mol. The van der Waals surface area contributed by atoms with Crippen LogP contribution in [0.5, 0.6) is 11.5 Å². The lowest BCUT2D eigenvalue weighted by Crippen LogP contribution is -2.71. The number of nitrogens with one attached hydrogen (secondary N) is 2. The Labute approximate surface area is 309 Å². The maximum atomic E-state index is 13.6. The van der Waals surface area contributed by atoms with Gasteiger partial charge in [0.15, 0.2) is 22.3 Å². The fraction of sp³-hybridized carbons (Fsp3) is 0.433. The van der Waals surface area contributed by atoms with Gasteiger partial charge in [-0.1, -0.05) is 16.8 Å². The van der Waals surface area contributed by atoms with Gasteiger partial charge in [-0.3, -0.25) is 19.3 Å². The Morgan fingerprint density at radius 2 is 1.94 bits per heavy atom. The molecule has 50 heavy (non-hydrogen) atoms. The summed E-state index contributed by atoms with van der Waals surface area (Å²) in [6, 6.07) is 0.561. The zero-order valence-corrected chi connectivity index (χ0v) is 28.4. The average molecular weight is 761 g/mol. The Bertz CT molecular complexity index is 2150. The molecule has 0 saturated carbocycles. The first-order chi connectivity index (χ1) is 26.6. The zero-order valence-electron chi connectivity index (χ0n) is 34.0. The van der Waals surface area contributed by atoms with Crippen LogP contribution in [0.25, 0.3) is 0 Å². The van der Waals surface area contributed by atoms with Crippen LogP contribution in [-0.2, 0) is 24.0 Å². The number of carboxylic acids is 2. The van der Waals surface area contributed by atoms with Crippen molar-refractivity contribution in [2.75, 3.05) is 44.1 Å². The van der Waals surface area contributed by atoms with E-state index in [9.17, 15) is 44.4 Å². The molecule has 3 aliphatic rings. The number of carbonyl (C=O) groups is 5. The summed E-state index contributed by atoms with van der Waals surface area (Å²) < 4.78 is 67.8. The van der Waals surface area contributed by atoms with Crippen LogP contribution in [0.3, 0.4) is 0 Å². The summed E-state index contributed by atoms with van der Waals surface area (Å²) in [5, 5.41) is 47.5. The van der Waals surface area contributed by atoms with Crippen LogP contribution in [0.1, 0.15) is 53.6 Å². The Kier molecular flexibility index (Phi) is 7.79. The molecule has 3 aliphatic heterocycles. The van der Waals surface area contributed by atoms with Crippen LogP contribution in [-0.4, -0.2) is 126 Å². The summed E-state index contributed by atoms with van der Waals surface area (Å²) in [5.41, 5.74) is 1.62. The van der Waals surface area contributed by atoms with Crippen LogP contribution in [0.15, 0.2) is 33.9 Å². The topological polar surface area (TPSA) is 254 Å². The molecule has 0 bridgehead atoms. The van der Waals surface area contributed by atoms with Crippen molar-refractivity contribution in [2.45, 2.75) is 43.6 Å². The first kappa shape index (κ1) is 27.2. The Balaban J connectivity index is 1.48. The van der Waals surface area contributed by atoms with Crippen molar-refractivity contribution >= 4 is 75.2 Å². The van der Waals surface area contributed by atoms with Gasteiger partial charge < -0.3 is 46.1 Å². The number of nitrogens with two attached hydrogens (primary N) is 1. The number of carbonyl (C=O) groups excluding carboxylic acids is 3. The lowest BCUT2D eigenvalue weighted by Gasteiger charge is -2.50. The highest BCUT2D eigenvalue weighted by molar-refractivity contribution is 8.00. The minimum absolute atomic E-state index is 0.00300. The van der Waals surface area contributed by atoms with E-state index in [2.05, 4.69) is 20.8 Å². The predicted octanol–water partition coefficient (Wildman–Crippen LogP) is 1.15. The fourth-order valence-electron chi connectivity index (χ4n) is 4.89. The number of halogens is 1. The van der Waals surface area contributed by atoms with Crippen LogP contribution in [0, 0.1) is 0 Å². The molecule has 2 saturated heterocycles. The average Bonchev–Trinajstić information content (AvgIpc) is 3.58. The number of hydrogen-bond donors (Lipinski definition) is 7. The van der Waals surface area contributed by atoms with E-state index in [4.69, 9.17) is 33.1 Å². The van der Waals surface area contributed by atoms with Crippen molar-refractivity contribution in [1.82, 2.24) is 20.5 Å². The SMILES string of the molecule is [2H]C1([2H])C([2H])([2H])C([2H])([2H])[N+](CCNC(=O)c2ccc(O)c(O)c2Cl)(CC2=C(C(=O)O)N3C(=O)[C@@H](NC(=O)/C(=N\OC(C)(C)C(=O)O)c4csc(N)n4)[C@H]3SC2)C1([2H])[2H]. The molecule has 0 aliphatic carbocycles. The number of likely N-dealkylation sites (tertiary alicyclic amines) is 1. The number of oxime groups is 1. The lowest BCUT2D eigenvalue weighted by atomic mass is 10.0. The lowest BCUT2D eigenvalue weighted by molar-refractivity contribution is -0.911. The monoisotopic (exact) mass is 760 g/mol. The van der Waals surface area contributed by atoms with Crippen LogP contribution < -0.4 is 16.4 Å². The summed E-state index contributed by atoms with van der Waals surface area (Å²) in [6.07, 6.45) is -7.14. The van der Waals surface area contributed by atoms with E-state index in [1.165, 1.54) is 5.38 Å². The van der Waals surface area contributed by atoms with Crippen LogP contribution >= 0.6 is 34.7 Å². The number of amides is 3. The first-order valence-electron chi connectivity index (χ1n) is 18.4. The van der Waals surface area contributed by atoms with Gasteiger partial charge >= 0.3 is 11.9 Å². The summed E-state index contributed by atoms with van der Waals surface area (Å²) >= 11 is 7.75. The number of β-lactam (4-membered cyclic amide) rings is 1. The van der Waals surface area contributed by atoms with E-state index >= 15 is 0 Å². The van der Waals surface area contributed by atoms with Gasteiger partial charge in [-0.25, -0.2) is 14.6 Å². The van der Waals surface area contributed by atoms with E-state index in [1.807, 2.05) is 0 Å². The van der Waals surface area contributed by atoms with Crippen LogP contribution in [0.2, 0.25) is 5.02 Å². The van der Waals surface area contributed by atoms with Gasteiger partial charge in [0.2, 0.25) is 5.60 Å². The summed E-state index contributed by atoms with van der Waals surface area (Å²) in [5.74, 6) is -8.14. The third kappa shape index (κ3) is 7.30. The maximum Gasteiger partial charge on any atom is 0.352 e. The molecule has 1 aromatic carbocycles. The smallest absolute Gasteiger partial charge is 0.352 e. The minimum atomic E-state index is -3.57. The number of aromatic hydroxyl groups is 2. The zero-order chi connectivity index (χ0) is 43.7. The number of fused-ring (bicyclic) bond motifs is 1. The van der Waals surface area contributed by atoms with Crippen molar-refractivity contribution in [3.63, 3.8) is 0 Å². The van der Waals surface area contributed by atoms with Crippen molar-refractivity contribution < 1.29 is 64.7 Å². The third-order valence-electron chi connectivity index (χ3n) is 7.58. The molecule has 5 rings (SSSR count). The number of thiazole rings is 1. The van der Waals surface area contributed by atoms with E-state index in [-0.39, 0.29) is 27.7 Å². The molecule has 3 amide bonds. The standard InChI is InChI=1S/C30H34ClN7O10S2/c1-30(2,28(46)47)48-36-19(16-13-50-29(32)34-16)24(42)35-20-25(43)37-21(27(44)45)14(12-49-26(20)37)11-38(8-3-4-9-38)10-7-33-23(41)15-5-6-17(39)22(40)18(15)31/h5-6,13,20,26H,3-4,7-12H2,1-2H3,(H7-,32,33,34,35,36,39,40,41,42,44,45,46,47)/p+1/t20-,26-/m1/s1/i3D2,4D2,8D2,9D2. The largest absolute Gasteiger partial charge is 0.504 e. The van der Waals surface area contributed by atoms with Gasteiger partial charge in [0.1, 0.15) is 29.4 Å². The molecule has 4 heterocycles. The van der Waals surface area contributed by atoms with Gasteiger partial charge in [0, 0.05) is 34.9 Å². The van der Waals surface area contributed by atoms with Gasteiger partial charge in [-0.15, -0.1) is 23.1 Å². The van der Waals surface area contributed by atoms with Crippen molar-refractivity contribution in [3.05, 3.63) is 45.1 Å². The molecule has 8 N–H and O–H groups in total. The molecule has 2 aromatic rings. The first-order valence-corrected chi connectivity index (χ1v) is 16.7. The second kappa shape index (κ2) is 14.3. The summed E-state index contributed by atoms with van der Waals surface area (Å²) in [4.78, 5) is 74.4. The second-order valence-electron chi connectivity index (χ2n) is 11.4. The Hall–Kier alpha value is -4.59. The van der Waals surface area contributed by atoms with Crippen LogP contribution in [0.4, 0.5) is 5.13 Å². The number of anilines is 1. The highest BCUT2D eigenvalue weighted by atomic mass is 35.5. The molecule has 0 unspecified atom stereocenters. The maximum absolute atomic E-state index is 13.6. The van der Waals surface area contributed by atoms with Gasteiger partial charge in [0.05, 0.1) is 42.2 Å². The number of nitrogen functional groups attached to an aromatic ring is 1. The quantitative estimate of drug-likeness (QED) is 0.0498. The molecule has 2 fully saturated rings. The molecule has 17 nitrogen and oxygen atoms in total. The minimum Gasteiger partial charge on any atom is -0.504 e. The summed E-state index contributed by atoms with van der Waals surface area (Å²) in [7, 11) is 0. The number of phenolic OH excluding ortho intramolecular Hbond substituents is 2. The fourth-order valence-corrected chi connectivity index (χ4v) is 7.02. The summed E-state index contributed by atoms with van der Waals surface area (Å²) in [6.45, 7) is -7.26. The van der Waals surface area contributed by atoms with Gasteiger partial charge in [0.25, 0.3) is 17.7 Å². The third-order valence-corrected chi connectivity index (χ3v) is 9.97. The van der Waals surface area contributed by atoms with Crippen molar-refractivity contribution in [1.29, 1.82) is 0 Å².